The molecule has 0 radical (unpaired) electrons. The van der Waals surface area contributed by atoms with E-state index in [1.54, 1.807) is 53.6 Å². The Morgan fingerprint density at radius 1 is 1.30 bits per heavy atom. The van der Waals surface area contributed by atoms with Gasteiger partial charge in [-0.05, 0) is 52.8 Å². The second kappa shape index (κ2) is 10.7. The molecule has 168 valence electrons. The van der Waals surface area contributed by atoms with Gasteiger partial charge in [0.05, 0.1) is 12.1 Å². The lowest BCUT2D eigenvalue weighted by Gasteiger charge is -2.35. The molecule has 1 N–H and O–H groups in total. The quantitative estimate of drug-likeness (QED) is 0.181. The normalized spacial score (nSPS) is 15.3. The third-order valence-corrected chi connectivity index (χ3v) is 6.34. The van der Waals surface area contributed by atoms with Crippen LogP contribution in [0.4, 0.5) is 4.39 Å². The average molecular weight is 505 g/mol. The summed E-state index contributed by atoms with van der Waals surface area (Å²) < 4.78 is 35.5. The van der Waals surface area contributed by atoms with Gasteiger partial charge < -0.3 is 14.2 Å². The number of halogens is 2. The summed E-state index contributed by atoms with van der Waals surface area (Å²) in [6, 6.07) is 4.35. The Morgan fingerprint density at radius 3 is 2.40 bits per heavy atom. The number of esters is 1. The van der Waals surface area contributed by atoms with Crippen molar-refractivity contribution in [2.24, 2.45) is 0 Å². The number of ether oxygens (including phenoxy) is 1. The molecule has 0 unspecified atom stereocenters. The average Bonchev–Trinajstić information content (AvgIpc) is 2.60. The number of Topliss-reactive ketones (excluding diaryl/α,β-unsaturated/α-hetero) is 1. The zero-order valence-electron chi connectivity index (χ0n) is 18.5. The minimum absolute atomic E-state index is 0.112. The van der Waals surface area contributed by atoms with E-state index in [1.165, 1.54) is 24.4 Å². The number of benzene rings is 1. The van der Waals surface area contributed by atoms with Crippen molar-refractivity contribution in [3.8, 4) is 0 Å². The minimum Gasteiger partial charge on any atom is -0.598 e. The van der Waals surface area contributed by atoms with E-state index in [1.807, 2.05) is 0 Å². The summed E-state index contributed by atoms with van der Waals surface area (Å²) in [6.45, 7) is 8.66. The Bertz CT molecular complexity index is 811. The van der Waals surface area contributed by atoms with Crippen LogP contribution < -0.4 is 4.72 Å². The van der Waals surface area contributed by atoms with Crippen molar-refractivity contribution in [1.29, 1.82) is 0 Å². The van der Waals surface area contributed by atoms with Crippen LogP contribution >= 0.6 is 15.9 Å². The SMILES string of the molecule is CCOC(=O)/C(=C/N(C)C)C(=O)C[C@](C)(N[S@+]([O-])C(C)(C)C)c1cc(Br)ccc1F. The molecule has 0 heterocycles. The molecule has 0 saturated heterocycles. The minimum atomic E-state index is -1.61. The topological polar surface area (TPSA) is 81.7 Å². The smallest absolute Gasteiger partial charge is 0.343 e. The monoisotopic (exact) mass is 504 g/mol. The fourth-order valence-electron chi connectivity index (χ4n) is 2.59. The fourth-order valence-corrected chi connectivity index (χ4v) is 3.84. The van der Waals surface area contributed by atoms with Crippen molar-refractivity contribution in [3.63, 3.8) is 0 Å². The first-order valence-corrected chi connectivity index (χ1v) is 11.4. The number of hydrogen-bond donors (Lipinski definition) is 1. The molecule has 0 fully saturated rings. The van der Waals surface area contributed by atoms with Crippen molar-refractivity contribution in [2.45, 2.75) is 51.3 Å². The molecule has 0 aliphatic heterocycles. The van der Waals surface area contributed by atoms with Gasteiger partial charge in [-0.3, -0.25) is 4.79 Å². The maximum Gasteiger partial charge on any atom is 0.343 e. The highest BCUT2D eigenvalue weighted by Crippen LogP contribution is 2.33. The van der Waals surface area contributed by atoms with Crippen LogP contribution in [-0.2, 0) is 31.2 Å². The van der Waals surface area contributed by atoms with Gasteiger partial charge in [0.1, 0.15) is 16.1 Å². The summed E-state index contributed by atoms with van der Waals surface area (Å²) in [6.07, 6.45) is 1.07. The highest BCUT2D eigenvalue weighted by atomic mass is 79.9. The molecule has 0 aromatic heterocycles. The number of hydrogen-bond acceptors (Lipinski definition) is 6. The molecule has 6 nitrogen and oxygen atoms in total. The van der Waals surface area contributed by atoms with Gasteiger partial charge in [-0.15, -0.1) is 4.72 Å². The molecule has 0 saturated carbocycles. The van der Waals surface area contributed by atoms with E-state index in [-0.39, 0.29) is 24.2 Å². The van der Waals surface area contributed by atoms with Gasteiger partial charge in [-0.25, -0.2) is 9.18 Å². The number of carbonyl (C=O) groups is 2. The number of carbonyl (C=O) groups excluding carboxylic acids is 2. The Labute approximate surface area is 189 Å². The van der Waals surface area contributed by atoms with Gasteiger partial charge in [-0.2, -0.15) is 0 Å². The third kappa shape index (κ3) is 7.37. The van der Waals surface area contributed by atoms with E-state index in [0.717, 1.165) is 0 Å². The van der Waals surface area contributed by atoms with Crippen LogP contribution in [0.25, 0.3) is 0 Å². The van der Waals surface area contributed by atoms with Crippen LogP contribution in [0.15, 0.2) is 34.4 Å². The zero-order valence-corrected chi connectivity index (χ0v) is 20.9. The van der Waals surface area contributed by atoms with E-state index in [9.17, 15) is 18.5 Å². The predicted molar refractivity (Wildman–Crippen MR) is 121 cm³/mol. The summed E-state index contributed by atoms with van der Waals surface area (Å²) in [5.41, 5.74) is -1.34. The molecule has 0 aliphatic carbocycles. The molecular formula is C21H30BrFN2O4S. The van der Waals surface area contributed by atoms with Crippen LogP contribution in [0.2, 0.25) is 0 Å². The van der Waals surface area contributed by atoms with Crippen molar-refractivity contribution in [2.75, 3.05) is 20.7 Å². The Balaban J connectivity index is 3.46. The van der Waals surface area contributed by atoms with Crippen LogP contribution in [0.5, 0.6) is 0 Å². The standard InChI is InChI=1S/C21H30BrFN2O4S/c1-8-29-19(27)15(13-25(6)7)18(26)12-21(5,24-30(28)20(2,3)4)16-11-14(22)9-10-17(16)23/h9-11,13,24H,8,12H2,1-7H3/b15-13+/t21-,30+/m0/s1. The Morgan fingerprint density at radius 2 is 1.90 bits per heavy atom. The van der Waals surface area contributed by atoms with Gasteiger partial charge in [0.15, 0.2) is 5.78 Å². The van der Waals surface area contributed by atoms with E-state index in [4.69, 9.17) is 4.74 Å². The summed E-state index contributed by atoms with van der Waals surface area (Å²) in [7, 11) is 3.35. The summed E-state index contributed by atoms with van der Waals surface area (Å²) >= 11 is 1.71. The molecule has 1 aromatic rings. The van der Waals surface area contributed by atoms with E-state index < -0.39 is 39.2 Å². The molecular weight excluding hydrogens is 475 g/mol. The lowest BCUT2D eigenvalue weighted by Crippen LogP contribution is -2.51. The first-order valence-electron chi connectivity index (χ1n) is 9.45. The van der Waals surface area contributed by atoms with E-state index in [2.05, 4.69) is 20.7 Å². The first-order chi connectivity index (χ1) is 13.7. The largest absolute Gasteiger partial charge is 0.598 e. The molecule has 30 heavy (non-hydrogen) atoms. The molecule has 1 aromatic carbocycles. The van der Waals surface area contributed by atoms with E-state index in [0.29, 0.717) is 4.47 Å². The van der Waals surface area contributed by atoms with Gasteiger partial charge in [0.2, 0.25) is 0 Å². The number of nitrogens with zero attached hydrogens (tertiary/aromatic N) is 1. The summed E-state index contributed by atoms with van der Waals surface area (Å²) in [5, 5.41) is 0. The summed E-state index contributed by atoms with van der Waals surface area (Å²) in [4.78, 5) is 27.0. The molecule has 0 bridgehead atoms. The number of rotatable bonds is 9. The molecule has 0 aliphatic rings. The number of nitrogens with one attached hydrogen (secondary N) is 1. The maximum absolute atomic E-state index is 14.8. The molecule has 1 rings (SSSR count). The Hall–Kier alpha value is -1.42. The second-order valence-corrected chi connectivity index (χ2v) is 11.1. The number of ketones is 1. The van der Waals surface area contributed by atoms with Crippen molar-refractivity contribution in [3.05, 3.63) is 45.8 Å². The van der Waals surface area contributed by atoms with Gasteiger partial charge in [0.25, 0.3) is 0 Å². The van der Waals surface area contributed by atoms with Crippen molar-refractivity contribution in [1.82, 2.24) is 9.62 Å². The van der Waals surface area contributed by atoms with Crippen LogP contribution in [0.3, 0.4) is 0 Å². The second-order valence-electron chi connectivity index (χ2n) is 8.27. The highest BCUT2D eigenvalue weighted by Gasteiger charge is 2.41. The van der Waals surface area contributed by atoms with E-state index >= 15 is 0 Å². The van der Waals surface area contributed by atoms with Crippen molar-refractivity contribution >= 4 is 39.0 Å². The Kier molecular flexibility index (Phi) is 9.53. The van der Waals surface area contributed by atoms with Gasteiger partial charge in [0, 0.05) is 48.1 Å². The van der Waals surface area contributed by atoms with Gasteiger partial charge >= 0.3 is 5.97 Å². The summed E-state index contributed by atoms with van der Waals surface area (Å²) in [5.74, 6) is -1.87. The predicted octanol–water partition coefficient (Wildman–Crippen LogP) is 3.82. The lowest BCUT2D eigenvalue weighted by molar-refractivity contribution is -0.140. The first kappa shape index (κ1) is 26.6. The van der Waals surface area contributed by atoms with Gasteiger partial charge in [-0.1, -0.05) is 15.9 Å². The zero-order chi connectivity index (χ0) is 23.3. The van der Waals surface area contributed by atoms with Crippen LogP contribution in [0.1, 0.15) is 46.6 Å². The van der Waals surface area contributed by atoms with Crippen LogP contribution in [0, 0.1) is 5.82 Å². The lowest BCUT2D eigenvalue weighted by atomic mass is 9.86. The van der Waals surface area contributed by atoms with Crippen LogP contribution in [-0.4, -0.2) is 46.7 Å². The molecule has 2 atom stereocenters. The molecule has 0 amide bonds. The fraction of sp³-hybridized carbons (Fsp3) is 0.524. The van der Waals surface area contributed by atoms with Crippen molar-refractivity contribution < 1.29 is 23.3 Å². The third-order valence-electron chi connectivity index (χ3n) is 4.09. The maximum atomic E-state index is 14.8. The molecule has 0 spiro atoms. The highest BCUT2D eigenvalue weighted by molar-refractivity contribution is 9.10. The molecule has 9 heteroatoms.